The van der Waals surface area contributed by atoms with E-state index in [2.05, 4.69) is 24.2 Å². The van der Waals surface area contributed by atoms with Crippen LogP contribution in [-0.2, 0) is 13.0 Å². The summed E-state index contributed by atoms with van der Waals surface area (Å²) in [6.07, 6.45) is 5.09. The van der Waals surface area contributed by atoms with Crippen molar-refractivity contribution in [3.63, 3.8) is 0 Å². The molecule has 0 saturated carbocycles. The Labute approximate surface area is 159 Å². The molecule has 1 fully saturated rings. The number of hydrogen-bond acceptors (Lipinski definition) is 5. The van der Waals surface area contributed by atoms with E-state index in [1.165, 1.54) is 0 Å². The molecule has 0 N–H and O–H groups in total. The second-order valence-corrected chi connectivity index (χ2v) is 7.86. The maximum atomic E-state index is 12.9. The fraction of sp³-hybridized carbons (Fsp3) is 0.550. The van der Waals surface area contributed by atoms with Crippen LogP contribution in [0.1, 0.15) is 42.7 Å². The first-order valence-corrected chi connectivity index (χ1v) is 9.66. The molecule has 1 unspecified atom stereocenters. The predicted octanol–water partition coefficient (Wildman–Crippen LogP) is 2.76. The van der Waals surface area contributed by atoms with Gasteiger partial charge in [0, 0.05) is 31.4 Å². The number of benzene rings is 1. The van der Waals surface area contributed by atoms with Crippen molar-refractivity contribution in [3.8, 4) is 11.5 Å². The summed E-state index contributed by atoms with van der Waals surface area (Å²) in [5, 5.41) is 8.53. The molecule has 7 heteroatoms. The van der Waals surface area contributed by atoms with Crippen LogP contribution < -0.4 is 9.47 Å². The van der Waals surface area contributed by atoms with Gasteiger partial charge in [-0.25, -0.2) is 0 Å². The highest BCUT2D eigenvalue weighted by Crippen LogP contribution is 2.33. The summed E-state index contributed by atoms with van der Waals surface area (Å²) in [6.45, 7) is 6.91. The maximum Gasteiger partial charge on any atom is 0.254 e. The molecule has 1 aromatic carbocycles. The fourth-order valence-corrected chi connectivity index (χ4v) is 3.81. The number of rotatable bonds is 5. The van der Waals surface area contributed by atoms with E-state index in [-0.39, 0.29) is 12.7 Å². The number of fused-ring (bicyclic) bond motifs is 1. The van der Waals surface area contributed by atoms with E-state index < -0.39 is 0 Å². The number of carbonyl (C=O) groups is 1. The highest BCUT2D eigenvalue weighted by molar-refractivity contribution is 5.95. The fourth-order valence-electron chi connectivity index (χ4n) is 3.81. The van der Waals surface area contributed by atoms with Gasteiger partial charge in [0.05, 0.1) is 5.69 Å². The zero-order valence-corrected chi connectivity index (χ0v) is 15.9. The normalized spacial score (nSPS) is 18.9. The van der Waals surface area contributed by atoms with Gasteiger partial charge >= 0.3 is 0 Å². The molecule has 0 bridgehead atoms. The van der Waals surface area contributed by atoms with Crippen LogP contribution in [0.5, 0.6) is 11.5 Å². The Bertz CT molecular complexity index is 817. The molecule has 2 aromatic rings. The summed E-state index contributed by atoms with van der Waals surface area (Å²) in [7, 11) is 0. The molecule has 27 heavy (non-hydrogen) atoms. The molecule has 3 heterocycles. The van der Waals surface area contributed by atoms with Gasteiger partial charge in [-0.3, -0.25) is 9.48 Å². The lowest BCUT2D eigenvalue weighted by Crippen LogP contribution is -2.41. The lowest BCUT2D eigenvalue weighted by atomic mass is 9.97. The largest absolute Gasteiger partial charge is 0.454 e. The van der Waals surface area contributed by atoms with Crippen LogP contribution in [-0.4, -0.2) is 45.7 Å². The Balaban J connectivity index is 1.39. The van der Waals surface area contributed by atoms with E-state index in [9.17, 15) is 4.79 Å². The van der Waals surface area contributed by atoms with Gasteiger partial charge in [-0.1, -0.05) is 19.1 Å². The Morgan fingerprint density at radius 2 is 2.15 bits per heavy atom. The third-order valence-electron chi connectivity index (χ3n) is 5.07. The first kappa shape index (κ1) is 17.8. The summed E-state index contributed by atoms with van der Waals surface area (Å²) in [5.41, 5.74) is 1.69. The molecule has 1 amide bonds. The highest BCUT2D eigenvalue weighted by atomic mass is 16.7. The third kappa shape index (κ3) is 4.07. The summed E-state index contributed by atoms with van der Waals surface area (Å²) in [6, 6.07) is 5.40. The van der Waals surface area contributed by atoms with Gasteiger partial charge in [-0.05, 0) is 49.3 Å². The Morgan fingerprint density at radius 1 is 1.30 bits per heavy atom. The van der Waals surface area contributed by atoms with E-state index in [0.29, 0.717) is 28.9 Å². The number of ether oxygens (including phenoxy) is 2. The molecule has 0 aliphatic carbocycles. The topological polar surface area (TPSA) is 69.5 Å². The molecule has 4 rings (SSSR count). The van der Waals surface area contributed by atoms with Crippen molar-refractivity contribution in [1.29, 1.82) is 0 Å². The van der Waals surface area contributed by atoms with Crippen molar-refractivity contribution >= 4 is 5.91 Å². The van der Waals surface area contributed by atoms with Crippen molar-refractivity contribution in [2.75, 3.05) is 19.9 Å². The standard InChI is InChI=1S/C20H26N4O3/c1-14(2)8-17-12-24(22-21-17)11-15-4-3-7-23(10-15)20(25)16-5-6-18-19(9-16)27-13-26-18/h5-6,9,12,14-15H,3-4,7-8,10-11,13H2,1-2H3. The van der Waals surface area contributed by atoms with Crippen LogP contribution >= 0.6 is 0 Å². The van der Waals surface area contributed by atoms with Crippen molar-refractivity contribution in [1.82, 2.24) is 19.9 Å². The minimum absolute atomic E-state index is 0.0529. The molecule has 7 nitrogen and oxygen atoms in total. The highest BCUT2D eigenvalue weighted by Gasteiger charge is 2.26. The van der Waals surface area contributed by atoms with Gasteiger partial charge < -0.3 is 14.4 Å². The van der Waals surface area contributed by atoms with E-state index in [0.717, 1.165) is 44.6 Å². The molecule has 1 aromatic heterocycles. The molecule has 0 spiro atoms. The van der Waals surface area contributed by atoms with Gasteiger partial charge in [0.1, 0.15) is 0 Å². The second kappa shape index (κ2) is 7.58. The molecule has 2 aliphatic heterocycles. The smallest absolute Gasteiger partial charge is 0.254 e. The van der Waals surface area contributed by atoms with Crippen LogP contribution in [0.3, 0.4) is 0 Å². The number of hydrogen-bond donors (Lipinski definition) is 0. The van der Waals surface area contributed by atoms with Crippen molar-refractivity contribution in [2.45, 2.75) is 39.7 Å². The zero-order chi connectivity index (χ0) is 18.8. The zero-order valence-electron chi connectivity index (χ0n) is 15.9. The molecule has 2 aliphatic rings. The van der Waals surface area contributed by atoms with E-state index in [4.69, 9.17) is 9.47 Å². The lowest BCUT2D eigenvalue weighted by Gasteiger charge is -2.32. The molecule has 1 saturated heterocycles. The van der Waals surface area contributed by atoms with Crippen LogP contribution in [0.15, 0.2) is 24.4 Å². The summed E-state index contributed by atoms with van der Waals surface area (Å²) in [5.74, 6) is 2.36. The Morgan fingerprint density at radius 3 is 3.00 bits per heavy atom. The van der Waals surface area contributed by atoms with Gasteiger partial charge in [-0.2, -0.15) is 0 Å². The van der Waals surface area contributed by atoms with Crippen molar-refractivity contribution in [2.24, 2.45) is 11.8 Å². The van der Waals surface area contributed by atoms with Crippen LogP contribution in [0.2, 0.25) is 0 Å². The molecular weight excluding hydrogens is 344 g/mol. The molecule has 1 atom stereocenters. The lowest BCUT2D eigenvalue weighted by molar-refractivity contribution is 0.0659. The SMILES string of the molecule is CC(C)Cc1cn(CC2CCCN(C(=O)c3ccc4c(c3)OCO4)C2)nn1. The minimum atomic E-state index is 0.0529. The first-order chi connectivity index (χ1) is 13.1. The maximum absolute atomic E-state index is 12.9. The number of likely N-dealkylation sites (tertiary alicyclic amines) is 1. The average Bonchev–Trinajstić information content (AvgIpc) is 3.29. The predicted molar refractivity (Wildman–Crippen MR) is 99.8 cm³/mol. The summed E-state index contributed by atoms with van der Waals surface area (Å²) < 4.78 is 12.6. The monoisotopic (exact) mass is 370 g/mol. The van der Waals surface area contributed by atoms with E-state index in [1.54, 1.807) is 6.07 Å². The average molecular weight is 370 g/mol. The van der Waals surface area contributed by atoms with E-state index in [1.807, 2.05) is 27.9 Å². The molecule has 144 valence electrons. The number of piperidine rings is 1. The number of carbonyl (C=O) groups excluding carboxylic acids is 1. The minimum Gasteiger partial charge on any atom is -0.454 e. The van der Waals surface area contributed by atoms with Crippen LogP contribution in [0.25, 0.3) is 0 Å². The Hall–Kier alpha value is -2.57. The van der Waals surface area contributed by atoms with Gasteiger partial charge in [0.2, 0.25) is 6.79 Å². The number of amides is 1. The Kier molecular flexibility index (Phi) is 5.01. The third-order valence-corrected chi connectivity index (χ3v) is 5.07. The second-order valence-electron chi connectivity index (χ2n) is 7.86. The number of aromatic nitrogens is 3. The first-order valence-electron chi connectivity index (χ1n) is 9.66. The van der Waals surface area contributed by atoms with E-state index >= 15 is 0 Å². The van der Waals surface area contributed by atoms with Gasteiger partial charge in [0.25, 0.3) is 5.91 Å². The number of nitrogens with zero attached hydrogens (tertiary/aromatic N) is 4. The van der Waals surface area contributed by atoms with Gasteiger partial charge in [-0.15, -0.1) is 5.10 Å². The van der Waals surface area contributed by atoms with Crippen LogP contribution in [0.4, 0.5) is 0 Å². The van der Waals surface area contributed by atoms with Gasteiger partial charge in [0.15, 0.2) is 11.5 Å². The van der Waals surface area contributed by atoms with Crippen molar-refractivity contribution < 1.29 is 14.3 Å². The quantitative estimate of drug-likeness (QED) is 0.809. The molecular formula is C20H26N4O3. The molecule has 0 radical (unpaired) electrons. The van der Waals surface area contributed by atoms with Crippen LogP contribution in [0, 0.1) is 11.8 Å². The van der Waals surface area contributed by atoms with Crippen molar-refractivity contribution in [3.05, 3.63) is 35.7 Å². The summed E-state index contributed by atoms with van der Waals surface area (Å²) in [4.78, 5) is 14.9. The summed E-state index contributed by atoms with van der Waals surface area (Å²) >= 11 is 0.